The van der Waals surface area contributed by atoms with Crippen LogP contribution in [0.25, 0.3) is 0 Å². The molecule has 0 saturated heterocycles. The normalized spacial score (nSPS) is 26.8. The SMILES string of the molecule is CCOC(=O)C1(NC)CCC(OCCOC(C)(C)C)C1. The Labute approximate surface area is 122 Å². The van der Waals surface area contributed by atoms with Crippen molar-refractivity contribution in [2.75, 3.05) is 26.9 Å². The lowest BCUT2D eigenvalue weighted by Gasteiger charge is -2.26. The standard InChI is InChI=1S/C15H29NO4/c1-6-18-13(17)15(16-5)8-7-12(11-15)19-9-10-20-14(2,3)4/h12,16H,6-11H2,1-5H3. The average molecular weight is 287 g/mol. The fraction of sp³-hybridized carbons (Fsp3) is 0.933. The van der Waals surface area contributed by atoms with Crippen molar-refractivity contribution in [1.82, 2.24) is 5.32 Å². The quantitative estimate of drug-likeness (QED) is 0.572. The van der Waals surface area contributed by atoms with Crippen molar-refractivity contribution in [1.29, 1.82) is 0 Å². The molecule has 2 unspecified atom stereocenters. The molecule has 1 aliphatic rings. The second-order valence-corrected chi connectivity index (χ2v) is 6.25. The number of nitrogens with one attached hydrogen (secondary N) is 1. The van der Waals surface area contributed by atoms with Gasteiger partial charge in [-0.2, -0.15) is 0 Å². The van der Waals surface area contributed by atoms with E-state index in [4.69, 9.17) is 14.2 Å². The molecule has 1 rings (SSSR count). The fourth-order valence-corrected chi connectivity index (χ4v) is 2.49. The molecule has 0 radical (unpaired) electrons. The fourth-order valence-electron chi connectivity index (χ4n) is 2.49. The third kappa shape index (κ3) is 5.04. The van der Waals surface area contributed by atoms with Gasteiger partial charge in [-0.3, -0.25) is 4.79 Å². The van der Waals surface area contributed by atoms with Gasteiger partial charge in [0.1, 0.15) is 5.54 Å². The Kier molecular flexibility index (Phi) is 6.43. The number of rotatable bonds is 7. The highest BCUT2D eigenvalue weighted by molar-refractivity contribution is 5.81. The number of ether oxygens (including phenoxy) is 3. The zero-order valence-electron chi connectivity index (χ0n) is 13.5. The first-order chi connectivity index (χ1) is 9.33. The molecule has 20 heavy (non-hydrogen) atoms. The molecule has 0 aromatic carbocycles. The van der Waals surface area contributed by atoms with Gasteiger partial charge < -0.3 is 19.5 Å². The van der Waals surface area contributed by atoms with Gasteiger partial charge in [0.2, 0.25) is 0 Å². The van der Waals surface area contributed by atoms with Crippen LogP contribution >= 0.6 is 0 Å². The van der Waals surface area contributed by atoms with E-state index in [1.165, 1.54) is 0 Å². The third-order valence-electron chi connectivity index (χ3n) is 3.59. The van der Waals surface area contributed by atoms with Crippen LogP contribution in [0, 0.1) is 0 Å². The Morgan fingerprint density at radius 1 is 1.35 bits per heavy atom. The molecule has 0 bridgehead atoms. The molecule has 0 heterocycles. The number of carbonyl (C=O) groups excluding carboxylic acids is 1. The summed E-state index contributed by atoms with van der Waals surface area (Å²) >= 11 is 0. The summed E-state index contributed by atoms with van der Waals surface area (Å²) in [4.78, 5) is 12.0. The largest absolute Gasteiger partial charge is 0.465 e. The minimum atomic E-state index is -0.578. The van der Waals surface area contributed by atoms with E-state index in [2.05, 4.69) is 5.32 Å². The Morgan fingerprint density at radius 3 is 2.60 bits per heavy atom. The molecular weight excluding hydrogens is 258 g/mol. The highest BCUT2D eigenvalue weighted by Crippen LogP contribution is 2.32. The first-order valence-electron chi connectivity index (χ1n) is 7.44. The van der Waals surface area contributed by atoms with E-state index in [0.717, 1.165) is 12.8 Å². The van der Waals surface area contributed by atoms with Gasteiger partial charge in [-0.25, -0.2) is 0 Å². The zero-order valence-corrected chi connectivity index (χ0v) is 13.5. The van der Waals surface area contributed by atoms with E-state index in [0.29, 0.717) is 26.2 Å². The Balaban J connectivity index is 2.36. The van der Waals surface area contributed by atoms with Gasteiger partial charge in [0.15, 0.2) is 0 Å². The molecule has 0 aromatic heterocycles. The first kappa shape index (κ1) is 17.4. The van der Waals surface area contributed by atoms with Crippen molar-refractivity contribution in [3.05, 3.63) is 0 Å². The second-order valence-electron chi connectivity index (χ2n) is 6.25. The molecule has 1 aliphatic carbocycles. The predicted octanol–water partition coefficient (Wildman–Crippen LogP) is 1.89. The number of carbonyl (C=O) groups is 1. The van der Waals surface area contributed by atoms with E-state index in [9.17, 15) is 4.79 Å². The molecule has 5 heteroatoms. The van der Waals surface area contributed by atoms with E-state index in [-0.39, 0.29) is 17.7 Å². The molecule has 2 atom stereocenters. The summed E-state index contributed by atoms with van der Waals surface area (Å²) in [5.41, 5.74) is -0.718. The van der Waals surface area contributed by atoms with Gasteiger partial charge in [0.05, 0.1) is 31.5 Å². The summed E-state index contributed by atoms with van der Waals surface area (Å²) in [5, 5.41) is 3.12. The van der Waals surface area contributed by atoms with Crippen molar-refractivity contribution in [3.63, 3.8) is 0 Å². The van der Waals surface area contributed by atoms with Crippen LogP contribution < -0.4 is 5.32 Å². The molecule has 0 amide bonds. The summed E-state index contributed by atoms with van der Waals surface area (Å²) in [6.45, 7) is 9.44. The second kappa shape index (κ2) is 7.38. The molecule has 0 aromatic rings. The van der Waals surface area contributed by atoms with E-state index < -0.39 is 5.54 Å². The summed E-state index contributed by atoms with van der Waals surface area (Å²) in [6, 6.07) is 0. The highest BCUT2D eigenvalue weighted by Gasteiger charge is 2.45. The van der Waals surface area contributed by atoms with Crippen LogP contribution in [0.15, 0.2) is 0 Å². The lowest BCUT2D eigenvalue weighted by atomic mass is 9.98. The minimum Gasteiger partial charge on any atom is -0.465 e. The van der Waals surface area contributed by atoms with Gasteiger partial charge in [0, 0.05) is 6.42 Å². The molecule has 1 fully saturated rings. The first-order valence-corrected chi connectivity index (χ1v) is 7.44. The van der Waals surface area contributed by atoms with Crippen LogP contribution in [0.2, 0.25) is 0 Å². The monoisotopic (exact) mass is 287 g/mol. The molecule has 5 nitrogen and oxygen atoms in total. The smallest absolute Gasteiger partial charge is 0.326 e. The summed E-state index contributed by atoms with van der Waals surface area (Å²) < 4.78 is 16.6. The van der Waals surface area contributed by atoms with Gasteiger partial charge >= 0.3 is 5.97 Å². The lowest BCUT2D eigenvalue weighted by molar-refractivity contribution is -0.151. The molecule has 0 aliphatic heterocycles. The van der Waals surface area contributed by atoms with E-state index >= 15 is 0 Å². The maximum Gasteiger partial charge on any atom is 0.326 e. The van der Waals surface area contributed by atoms with E-state index in [1.807, 2.05) is 34.7 Å². The summed E-state index contributed by atoms with van der Waals surface area (Å²) in [6.07, 6.45) is 2.38. The number of likely N-dealkylation sites (N-methyl/N-ethyl adjacent to an activating group) is 1. The zero-order chi connectivity index (χ0) is 15.2. The third-order valence-corrected chi connectivity index (χ3v) is 3.59. The van der Waals surface area contributed by atoms with Crippen LogP contribution in [0.5, 0.6) is 0 Å². The van der Waals surface area contributed by atoms with Crippen molar-refractivity contribution in [3.8, 4) is 0 Å². The van der Waals surface area contributed by atoms with Crippen LogP contribution in [0.4, 0.5) is 0 Å². The molecule has 118 valence electrons. The number of hydrogen-bond acceptors (Lipinski definition) is 5. The number of esters is 1. The average Bonchev–Trinajstić information content (AvgIpc) is 2.79. The molecule has 0 spiro atoms. The Bertz CT molecular complexity index is 313. The maximum absolute atomic E-state index is 12.0. The lowest BCUT2D eigenvalue weighted by Crippen LogP contribution is -2.49. The van der Waals surface area contributed by atoms with Crippen molar-refractivity contribution < 1.29 is 19.0 Å². The number of hydrogen-bond donors (Lipinski definition) is 1. The van der Waals surface area contributed by atoms with Gasteiger partial charge in [-0.1, -0.05) is 0 Å². The maximum atomic E-state index is 12.0. The molecule has 1 N–H and O–H groups in total. The highest BCUT2D eigenvalue weighted by atomic mass is 16.5. The van der Waals surface area contributed by atoms with Crippen LogP contribution in [0.3, 0.4) is 0 Å². The molecule has 1 saturated carbocycles. The summed E-state index contributed by atoms with van der Waals surface area (Å²) in [7, 11) is 1.81. The van der Waals surface area contributed by atoms with Crippen LogP contribution in [-0.2, 0) is 19.0 Å². The Hall–Kier alpha value is -0.650. The molecular formula is C15H29NO4. The van der Waals surface area contributed by atoms with E-state index in [1.54, 1.807) is 0 Å². The minimum absolute atomic E-state index is 0.0930. The van der Waals surface area contributed by atoms with Crippen molar-refractivity contribution in [2.45, 2.75) is 64.2 Å². The van der Waals surface area contributed by atoms with Gasteiger partial charge in [-0.15, -0.1) is 0 Å². The van der Waals surface area contributed by atoms with Gasteiger partial charge in [0.25, 0.3) is 0 Å². The topological polar surface area (TPSA) is 56.8 Å². The van der Waals surface area contributed by atoms with Crippen LogP contribution in [0.1, 0.15) is 47.0 Å². The van der Waals surface area contributed by atoms with Gasteiger partial charge in [-0.05, 0) is 47.6 Å². The predicted molar refractivity (Wildman–Crippen MR) is 77.7 cm³/mol. The Morgan fingerprint density at radius 2 is 2.05 bits per heavy atom. The van der Waals surface area contributed by atoms with Crippen molar-refractivity contribution >= 4 is 5.97 Å². The van der Waals surface area contributed by atoms with Crippen LogP contribution in [-0.4, -0.2) is 50.1 Å². The summed E-state index contributed by atoms with van der Waals surface area (Å²) in [5.74, 6) is -0.167. The van der Waals surface area contributed by atoms with Crippen molar-refractivity contribution in [2.24, 2.45) is 0 Å².